The van der Waals surface area contributed by atoms with Gasteiger partial charge in [-0.3, -0.25) is 0 Å². The van der Waals surface area contributed by atoms with Crippen LogP contribution in [-0.2, 0) is 6.54 Å². The number of hydrogen-bond acceptors (Lipinski definition) is 2. The van der Waals surface area contributed by atoms with E-state index in [0.29, 0.717) is 18.3 Å². The highest BCUT2D eigenvalue weighted by atomic mass is 35.5. The summed E-state index contributed by atoms with van der Waals surface area (Å²) in [5.74, 6) is 0.727. The van der Waals surface area contributed by atoms with E-state index in [0.717, 1.165) is 12.1 Å². The number of alkyl halides is 4. The van der Waals surface area contributed by atoms with Crippen molar-refractivity contribution >= 4 is 11.6 Å². The molecule has 0 saturated heterocycles. The summed E-state index contributed by atoms with van der Waals surface area (Å²) in [5, 5.41) is 3.17. The van der Waals surface area contributed by atoms with Crippen LogP contribution >= 0.6 is 11.6 Å². The van der Waals surface area contributed by atoms with Crippen molar-refractivity contribution in [3.63, 3.8) is 0 Å². The second kappa shape index (κ2) is 6.85. The minimum absolute atomic E-state index is 0.208. The molecule has 102 valence electrons. The largest absolute Gasteiger partial charge is 0.573 e. The van der Waals surface area contributed by atoms with Gasteiger partial charge in [-0.05, 0) is 30.2 Å². The van der Waals surface area contributed by atoms with Gasteiger partial charge in [0.1, 0.15) is 5.75 Å². The fourth-order valence-corrected chi connectivity index (χ4v) is 1.44. The first kappa shape index (κ1) is 15.1. The molecule has 2 nitrogen and oxygen atoms in total. The van der Waals surface area contributed by atoms with Crippen molar-refractivity contribution in [1.29, 1.82) is 0 Å². The van der Waals surface area contributed by atoms with Gasteiger partial charge in [-0.15, -0.1) is 24.8 Å². The minimum Gasteiger partial charge on any atom is -0.406 e. The lowest BCUT2D eigenvalue weighted by molar-refractivity contribution is -0.274. The Morgan fingerprint density at radius 3 is 2.39 bits per heavy atom. The van der Waals surface area contributed by atoms with E-state index in [2.05, 4.69) is 10.1 Å². The smallest absolute Gasteiger partial charge is 0.406 e. The predicted octanol–water partition coefficient (Wildman–Crippen LogP) is 3.55. The number of rotatable bonds is 6. The average Bonchev–Trinajstić information content (AvgIpc) is 2.29. The van der Waals surface area contributed by atoms with E-state index in [1.165, 1.54) is 12.1 Å². The van der Waals surface area contributed by atoms with Gasteiger partial charge in [-0.2, -0.15) is 0 Å². The van der Waals surface area contributed by atoms with E-state index in [1.807, 2.05) is 6.92 Å². The highest BCUT2D eigenvalue weighted by Crippen LogP contribution is 2.22. The van der Waals surface area contributed by atoms with Gasteiger partial charge >= 0.3 is 6.36 Å². The molecule has 0 aliphatic carbocycles. The van der Waals surface area contributed by atoms with Gasteiger partial charge in [0.15, 0.2) is 0 Å². The van der Waals surface area contributed by atoms with Gasteiger partial charge in [0.2, 0.25) is 0 Å². The fraction of sp³-hybridized carbons (Fsp3) is 0.500. The van der Waals surface area contributed by atoms with Crippen LogP contribution in [0.15, 0.2) is 24.3 Å². The van der Waals surface area contributed by atoms with E-state index < -0.39 is 6.36 Å². The summed E-state index contributed by atoms with van der Waals surface area (Å²) in [6, 6.07) is 5.80. The zero-order valence-corrected chi connectivity index (χ0v) is 10.7. The summed E-state index contributed by atoms with van der Waals surface area (Å²) in [7, 11) is 0. The van der Waals surface area contributed by atoms with Crippen LogP contribution in [0.4, 0.5) is 13.2 Å². The Bertz CT molecular complexity index is 353. The Hall–Kier alpha value is -0.940. The highest BCUT2D eigenvalue weighted by molar-refractivity contribution is 6.18. The average molecular weight is 282 g/mol. The predicted molar refractivity (Wildman–Crippen MR) is 64.7 cm³/mol. The van der Waals surface area contributed by atoms with Gasteiger partial charge in [-0.25, -0.2) is 0 Å². The maximum Gasteiger partial charge on any atom is 0.573 e. The van der Waals surface area contributed by atoms with E-state index in [4.69, 9.17) is 11.6 Å². The summed E-state index contributed by atoms with van der Waals surface area (Å²) in [6.07, 6.45) is -4.64. The molecular weight excluding hydrogens is 267 g/mol. The summed E-state index contributed by atoms with van der Waals surface area (Å²) < 4.78 is 39.6. The molecule has 0 bridgehead atoms. The SMILES string of the molecule is CC(CCl)CNCc1ccc(OC(F)(F)F)cc1. The van der Waals surface area contributed by atoms with Crippen LogP contribution in [0.1, 0.15) is 12.5 Å². The Morgan fingerprint density at radius 1 is 1.28 bits per heavy atom. The van der Waals surface area contributed by atoms with Crippen molar-refractivity contribution in [2.75, 3.05) is 12.4 Å². The zero-order chi connectivity index (χ0) is 13.6. The third-order valence-corrected chi connectivity index (χ3v) is 2.77. The van der Waals surface area contributed by atoms with Crippen molar-refractivity contribution < 1.29 is 17.9 Å². The van der Waals surface area contributed by atoms with Crippen LogP contribution in [0.2, 0.25) is 0 Å². The molecule has 18 heavy (non-hydrogen) atoms. The quantitative estimate of drug-likeness (QED) is 0.805. The molecule has 0 heterocycles. The van der Waals surface area contributed by atoms with Crippen molar-refractivity contribution in [2.24, 2.45) is 5.92 Å². The van der Waals surface area contributed by atoms with Gasteiger partial charge in [0.05, 0.1) is 0 Å². The molecule has 0 fully saturated rings. The lowest BCUT2D eigenvalue weighted by Gasteiger charge is -2.11. The standard InChI is InChI=1S/C12H15ClF3NO/c1-9(6-13)7-17-8-10-2-4-11(5-3-10)18-12(14,15)16/h2-5,9,17H,6-8H2,1H3. The molecule has 0 radical (unpaired) electrons. The third kappa shape index (κ3) is 6.12. The first-order valence-electron chi connectivity index (χ1n) is 5.52. The minimum atomic E-state index is -4.64. The van der Waals surface area contributed by atoms with Crippen LogP contribution in [0, 0.1) is 5.92 Å². The van der Waals surface area contributed by atoms with Crippen LogP contribution in [0.25, 0.3) is 0 Å². The molecule has 1 rings (SSSR count). The Kier molecular flexibility index (Phi) is 5.75. The van der Waals surface area contributed by atoms with Crippen molar-refractivity contribution in [2.45, 2.75) is 19.8 Å². The summed E-state index contributed by atoms with van der Waals surface area (Å²) >= 11 is 5.65. The van der Waals surface area contributed by atoms with Crippen LogP contribution in [0.5, 0.6) is 5.75 Å². The number of ether oxygens (including phenoxy) is 1. The number of halogens is 4. The topological polar surface area (TPSA) is 21.3 Å². The first-order chi connectivity index (χ1) is 8.40. The molecule has 1 N–H and O–H groups in total. The van der Waals surface area contributed by atoms with E-state index in [-0.39, 0.29) is 5.75 Å². The van der Waals surface area contributed by atoms with Crippen molar-refractivity contribution in [1.82, 2.24) is 5.32 Å². The Labute approximate surface area is 109 Å². The molecule has 1 aromatic rings. The number of benzene rings is 1. The Morgan fingerprint density at radius 2 is 1.89 bits per heavy atom. The lowest BCUT2D eigenvalue weighted by atomic mass is 10.2. The molecule has 1 atom stereocenters. The summed E-state index contributed by atoms with van der Waals surface area (Å²) in [5.41, 5.74) is 0.895. The monoisotopic (exact) mass is 281 g/mol. The molecule has 0 spiro atoms. The van der Waals surface area contributed by atoms with E-state index in [9.17, 15) is 13.2 Å². The highest BCUT2D eigenvalue weighted by Gasteiger charge is 2.30. The van der Waals surface area contributed by atoms with Gasteiger partial charge < -0.3 is 10.1 Å². The summed E-state index contributed by atoms with van der Waals surface area (Å²) in [6.45, 7) is 3.37. The van der Waals surface area contributed by atoms with Crippen LogP contribution in [-0.4, -0.2) is 18.8 Å². The van der Waals surface area contributed by atoms with E-state index in [1.54, 1.807) is 12.1 Å². The second-order valence-electron chi connectivity index (χ2n) is 4.08. The fourth-order valence-electron chi connectivity index (χ4n) is 1.33. The Balaban J connectivity index is 2.41. The van der Waals surface area contributed by atoms with Crippen molar-refractivity contribution in [3.8, 4) is 5.75 Å². The van der Waals surface area contributed by atoms with E-state index >= 15 is 0 Å². The first-order valence-corrected chi connectivity index (χ1v) is 6.05. The van der Waals surface area contributed by atoms with Gasteiger partial charge in [0.25, 0.3) is 0 Å². The normalized spacial score (nSPS) is 13.4. The molecule has 6 heteroatoms. The number of hydrogen-bond donors (Lipinski definition) is 1. The molecule has 0 aliphatic heterocycles. The zero-order valence-electron chi connectivity index (χ0n) is 9.93. The number of nitrogens with one attached hydrogen (secondary N) is 1. The summed E-state index contributed by atoms with van der Waals surface area (Å²) in [4.78, 5) is 0. The van der Waals surface area contributed by atoms with Crippen LogP contribution in [0.3, 0.4) is 0 Å². The molecular formula is C12H15ClF3NO. The molecule has 0 saturated carbocycles. The molecule has 0 amide bonds. The van der Waals surface area contributed by atoms with Crippen LogP contribution < -0.4 is 10.1 Å². The molecule has 0 aliphatic rings. The van der Waals surface area contributed by atoms with Gasteiger partial charge in [-0.1, -0.05) is 19.1 Å². The molecule has 1 unspecified atom stereocenters. The molecule has 1 aromatic carbocycles. The lowest BCUT2D eigenvalue weighted by Crippen LogP contribution is -2.21. The third-order valence-electron chi connectivity index (χ3n) is 2.24. The molecule has 0 aromatic heterocycles. The van der Waals surface area contributed by atoms with Gasteiger partial charge in [0, 0.05) is 12.4 Å². The maximum absolute atomic E-state index is 11.9. The maximum atomic E-state index is 11.9. The second-order valence-corrected chi connectivity index (χ2v) is 4.39. The van der Waals surface area contributed by atoms with Crippen molar-refractivity contribution in [3.05, 3.63) is 29.8 Å².